The predicted octanol–water partition coefficient (Wildman–Crippen LogP) is 23.0. The molecule has 0 aliphatic carbocycles. The van der Waals surface area contributed by atoms with Crippen LogP contribution in [-0.4, -0.2) is 63.9 Å². The highest BCUT2D eigenvalue weighted by atomic mass is 15.2. The van der Waals surface area contributed by atoms with E-state index in [0.717, 1.165) is 90.7 Å². The smallest absolute Gasteiger partial charge is 0.198 e. The molecule has 23 nitrogen and oxygen atoms in total. The van der Waals surface area contributed by atoms with Crippen LogP contribution in [0.1, 0.15) is 264 Å². The van der Waals surface area contributed by atoms with Gasteiger partial charge in [-0.1, -0.05) is 279 Å². The van der Waals surface area contributed by atoms with E-state index in [2.05, 4.69) is 286 Å². The maximum Gasteiger partial charge on any atom is 0.198 e. The number of anilines is 4. The number of nitriles is 1. The van der Waals surface area contributed by atoms with Crippen molar-refractivity contribution in [3.8, 4) is 6.07 Å². The summed E-state index contributed by atoms with van der Waals surface area (Å²) in [5.41, 5.74) is 78.2. The highest BCUT2D eigenvalue weighted by Gasteiger charge is 2.11. The molecule has 0 fully saturated rings. The Labute approximate surface area is 747 Å². The Kier molecular flexibility index (Phi) is 41.6. The number of amidine groups is 2. The van der Waals surface area contributed by atoms with Gasteiger partial charge < -0.3 is 67.3 Å². The van der Waals surface area contributed by atoms with Crippen molar-refractivity contribution >= 4 is 108 Å². The second-order valence-corrected chi connectivity index (χ2v) is 34.1. The summed E-state index contributed by atoms with van der Waals surface area (Å²) >= 11 is 0. The van der Waals surface area contributed by atoms with Crippen LogP contribution in [-0.2, 0) is 12.8 Å². The number of guanidine groups is 2. The number of nitrogens with two attached hydrogens (primary N) is 10. The van der Waals surface area contributed by atoms with Crippen LogP contribution in [0, 0.1) is 34.0 Å². The van der Waals surface area contributed by atoms with Gasteiger partial charge in [0, 0.05) is 21.9 Å². The lowest BCUT2D eigenvalue weighted by Crippen LogP contribution is -2.21. The van der Waals surface area contributed by atoms with Crippen molar-refractivity contribution in [1.82, 2.24) is 40.3 Å². The van der Waals surface area contributed by atoms with Crippen molar-refractivity contribution in [3.05, 3.63) is 303 Å². The van der Waals surface area contributed by atoms with Crippen LogP contribution in [0.2, 0.25) is 0 Å². The molecule has 0 spiro atoms. The Morgan fingerprint density at radius 1 is 0.373 bits per heavy atom. The summed E-state index contributed by atoms with van der Waals surface area (Å²) in [6.07, 6.45) is 4.13. The monoisotopic (exact) mass is 1700 g/mol. The standard InChI is InChI=1S/C12H16.C11H13N.4C10H13N3.2C10H15N3.2C10H14N2/c1-4-11-5-7-12(8-6-11)9-10(2)3;1-9(2)7-10-3-5-11(8-12)6-4-10;1-6(2)7-3-4-9-8(5-7)10(11)13-12-9;2*1-6(2)7-3-4-8-9(5-7)13-10(11)12-8;1-6(2)7-3-4-8-9(5-7)12-13-10(8)11;1-7(2)8-3-5-9(6-4-8)13-10(11)12;1-7(2)8-4-3-5-9(6-8)13-10(11)12;1-7(2)8-3-5-9(6-4-8)10(11)12;1-7(2)8-4-3-5-9(6-8)10(11)12/h4-8,10H,1,9H2,2-3H3;3-6,9H,7H2,1-2H3;4*3-6H,1-2H3,(H3,11,12,13);2*3-7H,1-2H3,(H4,11,12,13);2*3-7H,1-2H3,(H3,11,12). The van der Waals surface area contributed by atoms with Crippen LogP contribution in [0.15, 0.2) is 235 Å². The largest absolute Gasteiger partial charge is 0.384 e. The van der Waals surface area contributed by atoms with Crippen molar-refractivity contribution in [2.75, 3.05) is 22.9 Å². The third-order valence-electron chi connectivity index (χ3n) is 19.9. The fourth-order valence-corrected chi connectivity index (χ4v) is 12.4. The van der Waals surface area contributed by atoms with Gasteiger partial charge >= 0.3 is 0 Å². The summed E-state index contributed by atoms with van der Waals surface area (Å²) < 4.78 is 0. The van der Waals surface area contributed by atoms with E-state index in [9.17, 15) is 0 Å². The number of hydrogen-bond donors (Lipinski definition) is 16. The summed E-state index contributed by atoms with van der Waals surface area (Å²) in [7, 11) is 0. The average Bonchev–Trinajstić information content (AvgIpc) is 1.69. The Bertz CT molecular complexity index is 5640. The van der Waals surface area contributed by atoms with Gasteiger partial charge in [-0.05, 0) is 224 Å². The van der Waals surface area contributed by atoms with Crippen LogP contribution in [0.25, 0.3) is 49.9 Å². The van der Waals surface area contributed by atoms with Gasteiger partial charge in [-0.15, -0.1) is 0 Å². The zero-order chi connectivity index (χ0) is 93.6. The number of imidazole rings is 2. The minimum Gasteiger partial charge on any atom is -0.384 e. The number of nitrogens with one attached hydrogen (secondary N) is 6. The van der Waals surface area contributed by atoms with Crippen molar-refractivity contribution in [1.29, 1.82) is 16.1 Å². The summed E-state index contributed by atoms with van der Waals surface area (Å²) in [5, 5.41) is 38.7. The van der Waals surface area contributed by atoms with Crippen LogP contribution < -0.4 is 57.3 Å². The van der Waals surface area contributed by atoms with Gasteiger partial charge in [-0.3, -0.25) is 21.0 Å². The molecule has 0 radical (unpaired) electrons. The first-order valence-corrected chi connectivity index (χ1v) is 43.0. The molecule has 10 aromatic carbocycles. The molecule has 666 valence electrons. The van der Waals surface area contributed by atoms with Crippen molar-refractivity contribution in [2.45, 2.75) is 199 Å². The predicted molar refractivity (Wildman–Crippen MR) is 538 cm³/mol. The van der Waals surface area contributed by atoms with Gasteiger partial charge in [0.2, 0.25) is 0 Å². The lowest BCUT2D eigenvalue weighted by atomic mass is 10.0. The molecule has 4 heterocycles. The first-order valence-electron chi connectivity index (χ1n) is 43.0. The Balaban J connectivity index is 0.000000248. The normalized spacial score (nSPS) is 10.6. The first-order chi connectivity index (χ1) is 59.5. The zero-order valence-corrected chi connectivity index (χ0v) is 77.7. The molecule has 0 saturated carbocycles. The number of nitrogens with zero attached hydrogens (tertiary/aromatic N) is 7. The fourth-order valence-electron chi connectivity index (χ4n) is 12.4. The van der Waals surface area contributed by atoms with Crippen LogP contribution in [0.3, 0.4) is 0 Å². The summed E-state index contributed by atoms with van der Waals surface area (Å²) in [6.45, 7) is 47.0. The van der Waals surface area contributed by atoms with E-state index in [1.807, 2.05) is 140 Å². The molecular weight excluding hydrogens is 1560 g/mol. The zero-order valence-electron chi connectivity index (χ0n) is 77.7. The molecule has 4 aromatic heterocycles. The minimum absolute atomic E-state index is 0.0947. The van der Waals surface area contributed by atoms with Crippen molar-refractivity contribution < 1.29 is 0 Å². The summed E-state index contributed by atoms with van der Waals surface area (Å²) in [4.78, 5) is 22.2. The van der Waals surface area contributed by atoms with Crippen molar-refractivity contribution in [2.24, 2.45) is 56.2 Å². The molecule has 0 aliphatic heterocycles. The maximum atomic E-state index is 8.56. The highest BCUT2D eigenvalue weighted by Crippen LogP contribution is 2.28. The number of nitrogen functional groups attached to an aromatic ring is 6. The van der Waals surface area contributed by atoms with Gasteiger partial charge in [0.05, 0.1) is 56.1 Å². The lowest BCUT2D eigenvalue weighted by Gasteiger charge is -2.06. The SMILES string of the molecule is C=Cc1ccc(CC(C)C)cc1.CC(C)Cc1ccc(C#N)cc1.CC(C)c1ccc(C(=N)N)cc1.CC(C)c1ccc(N=C(N)N)cc1.CC(C)c1ccc2[nH]nc(N)c2c1.CC(C)c1ccc2c(N)n[nH]c2c1.CC(C)c1ccc2nc(N)[nH]c2c1.CC(C)c1ccc2nc(N)[nH]c2c1.CC(C)c1cccc(C(=N)N)c1.CC(C)c1cccc(N=C(N)N)c1. The Hall–Kier alpha value is -14.0. The molecule has 14 rings (SSSR count). The van der Waals surface area contributed by atoms with Crippen molar-refractivity contribution in [3.63, 3.8) is 0 Å². The number of aliphatic imine (C=N–C) groups is 2. The Morgan fingerprint density at radius 2 is 0.738 bits per heavy atom. The van der Waals surface area contributed by atoms with E-state index in [-0.39, 0.29) is 23.6 Å². The van der Waals surface area contributed by atoms with Crippen LogP contribution in [0.5, 0.6) is 0 Å². The third-order valence-corrected chi connectivity index (χ3v) is 19.9. The number of aromatic nitrogens is 8. The minimum atomic E-state index is 0.0947. The number of hydrogen-bond acceptors (Lipinski definition) is 13. The van der Waals surface area contributed by atoms with E-state index < -0.39 is 0 Å². The van der Waals surface area contributed by atoms with Gasteiger partial charge in [-0.25, -0.2) is 20.0 Å². The molecule has 0 unspecified atom stereocenters. The second kappa shape index (κ2) is 51.2. The average molecular weight is 1700 g/mol. The number of benzene rings is 10. The molecule has 0 bridgehead atoms. The number of fused-ring (bicyclic) bond motifs is 4. The van der Waals surface area contributed by atoms with E-state index in [1.54, 1.807) is 0 Å². The van der Waals surface area contributed by atoms with Gasteiger partial charge in [0.25, 0.3) is 0 Å². The molecule has 0 atom stereocenters. The molecule has 0 amide bonds. The van der Waals surface area contributed by atoms with Crippen LogP contribution in [0.4, 0.5) is 34.9 Å². The first kappa shape index (κ1) is 103. The van der Waals surface area contributed by atoms with E-state index >= 15 is 0 Å². The highest BCUT2D eigenvalue weighted by molar-refractivity contribution is 5.96. The quantitative estimate of drug-likeness (QED) is 0.0297. The molecule has 23 heteroatoms. The van der Waals surface area contributed by atoms with Gasteiger partial charge in [0.15, 0.2) is 35.5 Å². The molecule has 0 saturated heterocycles. The molecule has 14 aromatic rings. The molecule has 126 heavy (non-hydrogen) atoms. The Morgan fingerprint density at radius 3 is 1.16 bits per heavy atom. The lowest BCUT2D eigenvalue weighted by molar-refractivity contribution is 0.647. The number of aromatic amines is 4. The summed E-state index contributed by atoms with van der Waals surface area (Å²) in [6, 6.07) is 74.7. The number of rotatable bonds is 17. The molecular formula is C103H139N23. The van der Waals surface area contributed by atoms with E-state index in [0.29, 0.717) is 76.8 Å². The van der Waals surface area contributed by atoms with E-state index in [1.165, 1.54) is 61.2 Å². The van der Waals surface area contributed by atoms with Gasteiger partial charge in [0.1, 0.15) is 11.7 Å². The summed E-state index contributed by atoms with van der Waals surface area (Å²) in [5.74, 6) is 8.18. The second-order valence-electron chi connectivity index (χ2n) is 34.1. The fraction of sp³-hybridized carbons (Fsp3) is 0.311. The third kappa shape index (κ3) is 35.4. The topological polar surface area (TPSA) is 471 Å². The maximum absolute atomic E-state index is 8.56. The molecule has 26 N–H and O–H groups in total. The molecule has 0 aliphatic rings. The van der Waals surface area contributed by atoms with Crippen LogP contribution >= 0.6 is 0 Å². The van der Waals surface area contributed by atoms with E-state index in [4.69, 9.17) is 73.4 Å². The number of H-pyrrole nitrogens is 4. The van der Waals surface area contributed by atoms with Gasteiger partial charge in [-0.2, -0.15) is 15.5 Å².